The van der Waals surface area contributed by atoms with Crippen molar-refractivity contribution in [1.82, 2.24) is 20.6 Å². The highest BCUT2D eigenvalue weighted by Gasteiger charge is 2.19. The number of hydrogen-bond donors (Lipinski definition) is 3. The Kier molecular flexibility index (Phi) is 8.40. The van der Waals surface area contributed by atoms with Crippen molar-refractivity contribution in [3.8, 4) is 0 Å². The molecule has 2 aromatic rings. The van der Waals surface area contributed by atoms with E-state index < -0.39 is 0 Å². The first-order valence-electron chi connectivity index (χ1n) is 8.77. The monoisotopic (exact) mass is 416 g/mol. The molecule has 0 saturated carbocycles. The lowest BCUT2D eigenvalue weighted by Crippen LogP contribution is -2.32. The summed E-state index contributed by atoms with van der Waals surface area (Å²) in [6, 6.07) is 0. The van der Waals surface area contributed by atoms with E-state index in [4.69, 9.17) is 0 Å². The highest BCUT2D eigenvalue weighted by atomic mass is 35.5. The molecule has 1 aliphatic carbocycles. The number of fused-ring (bicyclic) bond motifs is 3. The molecule has 3 N–H and O–H groups in total. The van der Waals surface area contributed by atoms with Crippen LogP contribution >= 0.6 is 35.5 Å². The average molecular weight is 417 g/mol. The molecule has 6 nitrogen and oxygen atoms in total. The molecule has 0 aliphatic heterocycles. The molecule has 2 heterocycles. The van der Waals surface area contributed by atoms with Crippen molar-refractivity contribution in [2.75, 3.05) is 25.4 Å². The Morgan fingerprint density at radius 2 is 2.12 bits per heavy atom. The number of rotatable bonds is 8. The minimum atomic E-state index is -0.0323. The normalized spacial score (nSPS) is 13.3. The minimum Gasteiger partial charge on any atom is -0.354 e. The maximum absolute atomic E-state index is 12.4. The highest BCUT2D eigenvalue weighted by molar-refractivity contribution is 7.99. The number of nitrogens with one attached hydrogen (secondary N) is 3. The molecule has 0 bridgehead atoms. The number of amides is 1. The molecular weight excluding hydrogens is 392 g/mol. The molecule has 0 saturated heterocycles. The molecule has 2 aromatic heterocycles. The predicted molar refractivity (Wildman–Crippen MR) is 112 cm³/mol. The van der Waals surface area contributed by atoms with Gasteiger partial charge in [-0.2, -0.15) is 0 Å². The summed E-state index contributed by atoms with van der Waals surface area (Å²) in [7, 11) is 0. The van der Waals surface area contributed by atoms with Gasteiger partial charge in [-0.1, -0.05) is 6.92 Å². The number of H-pyrrole nitrogens is 1. The summed E-state index contributed by atoms with van der Waals surface area (Å²) in [6.45, 7) is 4.35. The molecule has 26 heavy (non-hydrogen) atoms. The molecule has 0 aromatic carbocycles. The summed E-state index contributed by atoms with van der Waals surface area (Å²) in [6.07, 6.45) is 4.40. The van der Waals surface area contributed by atoms with Crippen LogP contribution in [0.25, 0.3) is 10.2 Å². The number of halogens is 1. The Hall–Kier alpha value is -1.09. The first-order chi connectivity index (χ1) is 12.2. The number of carbonyl (C=O) groups is 1. The quantitative estimate of drug-likeness (QED) is 0.574. The van der Waals surface area contributed by atoms with Crippen LogP contribution in [0.1, 0.15) is 36.0 Å². The Morgan fingerprint density at radius 1 is 1.31 bits per heavy atom. The first-order valence-corrected chi connectivity index (χ1v) is 10.7. The van der Waals surface area contributed by atoms with E-state index in [0.717, 1.165) is 42.6 Å². The second-order valence-corrected chi connectivity index (χ2v) is 8.17. The van der Waals surface area contributed by atoms with Crippen molar-refractivity contribution in [2.45, 2.75) is 38.4 Å². The smallest absolute Gasteiger partial charge is 0.259 e. The second kappa shape index (κ2) is 10.3. The van der Waals surface area contributed by atoms with E-state index in [1.165, 1.54) is 28.6 Å². The molecule has 3 rings (SSSR count). The fourth-order valence-corrected chi connectivity index (χ4v) is 5.04. The first kappa shape index (κ1) is 21.2. The van der Waals surface area contributed by atoms with Crippen LogP contribution in [0.4, 0.5) is 0 Å². The maximum atomic E-state index is 12.4. The SMILES string of the molecule is CCNCCNC(=O)CSCc1nc2sc3c(c2c(=O)[nH]1)CCCC3.Cl. The van der Waals surface area contributed by atoms with Gasteiger partial charge >= 0.3 is 0 Å². The lowest BCUT2D eigenvalue weighted by Gasteiger charge is -2.09. The van der Waals surface area contributed by atoms with Crippen LogP contribution in [0.3, 0.4) is 0 Å². The van der Waals surface area contributed by atoms with Crippen LogP contribution in [-0.2, 0) is 23.4 Å². The number of aromatic nitrogens is 2. The second-order valence-electron chi connectivity index (χ2n) is 6.10. The molecule has 0 spiro atoms. The molecule has 0 unspecified atom stereocenters. The van der Waals surface area contributed by atoms with E-state index in [-0.39, 0.29) is 23.9 Å². The van der Waals surface area contributed by atoms with Crippen molar-refractivity contribution in [3.63, 3.8) is 0 Å². The zero-order valence-electron chi connectivity index (χ0n) is 14.9. The van der Waals surface area contributed by atoms with Crippen molar-refractivity contribution in [1.29, 1.82) is 0 Å². The number of carbonyl (C=O) groups excluding carboxylic acids is 1. The number of aryl methyl sites for hydroxylation is 2. The summed E-state index contributed by atoms with van der Waals surface area (Å²) in [5.41, 5.74) is 1.18. The number of hydrogen-bond acceptors (Lipinski definition) is 6. The van der Waals surface area contributed by atoms with Crippen LogP contribution < -0.4 is 16.2 Å². The van der Waals surface area contributed by atoms with Gasteiger partial charge in [0.15, 0.2) is 0 Å². The van der Waals surface area contributed by atoms with Gasteiger partial charge in [-0.25, -0.2) is 4.98 Å². The van der Waals surface area contributed by atoms with Gasteiger partial charge in [0.25, 0.3) is 5.56 Å². The molecule has 1 amide bonds. The molecule has 144 valence electrons. The van der Waals surface area contributed by atoms with Gasteiger partial charge in [-0.15, -0.1) is 35.5 Å². The maximum Gasteiger partial charge on any atom is 0.259 e. The largest absolute Gasteiger partial charge is 0.354 e. The van der Waals surface area contributed by atoms with Crippen LogP contribution in [0.5, 0.6) is 0 Å². The predicted octanol–water partition coefficient (Wildman–Crippen LogP) is 2.24. The minimum absolute atomic E-state index is 0. The van der Waals surface area contributed by atoms with Crippen molar-refractivity contribution in [2.24, 2.45) is 0 Å². The summed E-state index contributed by atoms with van der Waals surface area (Å²) >= 11 is 3.13. The van der Waals surface area contributed by atoms with Gasteiger partial charge in [0.1, 0.15) is 10.7 Å². The number of nitrogens with zero attached hydrogens (tertiary/aromatic N) is 1. The zero-order valence-corrected chi connectivity index (χ0v) is 17.3. The number of likely N-dealkylation sites (N-methyl/N-ethyl adjacent to an activating group) is 1. The van der Waals surface area contributed by atoms with E-state index >= 15 is 0 Å². The highest BCUT2D eigenvalue weighted by Crippen LogP contribution is 2.33. The average Bonchev–Trinajstić information content (AvgIpc) is 2.97. The molecule has 1 aliphatic rings. The summed E-state index contributed by atoms with van der Waals surface area (Å²) < 4.78 is 0. The van der Waals surface area contributed by atoms with Crippen LogP contribution in [-0.4, -0.2) is 41.3 Å². The van der Waals surface area contributed by atoms with Crippen LogP contribution in [0.2, 0.25) is 0 Å². The standard InChI is InChI=1S/C17H24N4O2S2.ClH/c1-2-18-7-8-19-14(22)10-24-9-13-20-16(23)15-11-5-3-4-6-12(11)25-17(15)21-13;/h18H,2-10H2,1H3,(H,19,22)(H,20,21,23);1H. The van der Waals surface area contributed by atoms with Gasteiger partial charge in [0, 0.05) is 18.0 Å². The number of thiophene rings is 1. The molecule has 0 fully saturated rings. The number of thioether (sulfide) groups is 1. The fraction of sp³-hybridized carbons (Fsp3) is 0.588. The molecule has 0 radical (unpaired) electrons. The Morgan fingerprint density at radius 3 is 2.92 bits per heavy atom. The Bertz CT molecular complexity index is 806. The van der Waals surface area contributed by atoms with Gasteiger partial charge in [0.05, 0.1) is 16.9 Å². The van der Waals surface area contributed by atoms with Gasteiger partial charge in [-0.3, -0.25) is 9.59 Å². The van der Waals surface area contributed by atoms with Crippen molar-refractivity contribution < 1.29 is 4.79 Å². The summed E-state index contributed by atoms with van der Waals surface area (Å²) in [4.78, 5) is 33.9. The van der Waals surface area contributed by atoms with Gasteiger partial charge in [0.2, 0.25) is 5.91 Å². The molecule has 0 atom stereocenters. The van der Waals surface area contributed by atoms with Gasteiger partial charge < -0.3 is 15.6 Å². The van der Waals surface area contributed by atoms with Crippen LogP contribution in [0, 0.1) is 0 Å². The van der Waals surface area contributed by atoms with Crippen LogP contribution in [0.15, 0.2) is 4.79 Å². The van der Waals surface area contributed by atoms with E-state index in [2.05, 4.69) is 20.6 Å². The van der Waals surface area contributed by atoms with E-state index in [0.29, 0.717) is 23.9 Å². The molecule has 9 heteroatoms. The fourth-order valence-electron chi connectivity index (χ4n) is 3.04. The third-order valence-electron chi connectivity index (χ3n) is 4.22. The number of aromatic amines is 1. The van der Waals surface area contributed by atoms with E-state index in [9.17, 15) is 9.59 Å². The van der Waals surface area contributed by atoms with Gasteiger partial charge in [-0.05, 0) is 37.8 Å². The lowest BCUT2D eigenvalue weighted by molar-refractivity contribution is -0.118. The third kappa shape index (κ3) is 5.22. The Balaban J connectivity index is 0.00000243. The third-order valence-corrected chi connectivity index (χ3v) is 6.35. The summed E-state index contributed by atoms with van der Waals surface area (Å²) in [5.74, 6) is 1.57. The lowest BCUT2D eigenvalue weighted by atomic mass is 9.97. The van der Waals surface area contributed by atoms with Crippen molar-refractivity contribution >= 4 is 51.6 Å². The zero-order chi connectivity index (χ0) is 17.6. The molecular formula is C17H25ClN4O2S2. The van der Waals surface area contributed by atoms with Crippen molar-refractivity contribution in [3.05, 3.63) is 26.6 Å². The summed E-state index contributed by atoms with van der Waals surface area (Å²) in [5, 5.41) is 6.81. The van der Waals surface area contributed by atoms with E-state index in [1.54, 1.807) is 11.3 Å². The van der Waals surface area contributed by atoms with E-state index in [1.807, 2.05) is 6.92 Å². The topological polar surface area (TPSA) is 86.9 Å². The Labute approximate surface area is 167 Å².